The molecule has 1 aliphatic carbocycles. The van der Waals surface area contributed by atoms with Crippen molar-refractivity contribution in [3.8, 4) is 0 Å². The van der Waals surface area contributed by atoms with Gasteiger partial charge in [-0.25, -0.2) is 9.98 Å². The maximum atomic E-state index is 4.82. The second kappa shape index (κ2) is 9.61. The van der Waals surface area contributed by atoms with Crippen LogP contribution < -0.4 is 10.6 Å². The van der Waals surface area contributed by atoms with E-state index in [1.54, 1.807) is 0 Å². The molecule has 1 aromatic heterocycles. The first kappa shape index (κ1) is 20.2. The van der Waals surface area contributed by atoms with Crippen molar-refractivity contribution in [2.75, 3.05) is 13.1 Å². The van der Waals surface area contributed by atoms with Crippen molar-refractivity contribution in [1.29, 1.82) is 0 Å². The van der Waals surface area contributed by atoms with E-state index in [0.717, 1.165) is 31.4 Å². The fraction of sp³-hybridized carbons (Fsp3) is 0.360. The van der Waals surface area contributed by atoms with Gasteiger partial charge in [0.2, 0.25) is 0 Å². The summed E-state index contributed by atoms with van der Waals surface area (Å²) in [4.78, 5) is 9.35. The average molecular weight is 402 g/mol. The largest absolute Gasteiger partial charge is 0.357 e. The standard InChI is InChI=1S/C25H31N5/c1-2-26-24(29-20-25(14-9-15-25)22-12-7-4-8-13-22)28-18-23-27-16-17-30(23)19-21-10-5-3-6-11-21/h3-8,10-13,16-17H,2,9,14-15,18-20H2,1H3,(H2,26,28,29). The molecule has 2 aromatic carbocycles. The van der Waals surface area contributed by atoms with Gasteiger partial charge < -0.3 is 15.2 Å². The highest BCUT2D eigenvalue weighted by Gasteiger charge is 2.38. The molecular formula is C25H31N5. The average Bonchev–Trinajstić information content (AvgIpc) is 3.19. The van der Waals surface area contributed by atoms with Gasteiger partial charge in [-0.05, 0) is 30.9 Å². The molecule has 5 heteroatoms. The molecule has 4 rings (SSSR count). The second-order valence-electron chi connectivity index (χ2n) is 8.01. The smallest absolute Gasteiger partial charge is 0.191 e. The van der Waals surface area contributed by atoms with Crippen LogP contribution in [0, 0.1) is 0 Å². The van der Waals surface area contributed by atoms with Gasteiger partial charge in [0.15, 0.2) is 5.96 Å². The van der Waals surface area contributed by atoms with Crippen molar-refractivity contribution in [1.82, 2.24) is 20.2 Å². The molecule has 0 saturated heterocycles. The molecule has 156 valence electrons. The van der Waals surface area contributed by atoms with Crippen molar-refractivity contribution in [3.05, 3.63) is 90.0 Å². The summed E-state index contributed by atoms with van der Waals surface area (Å²) in [7, 11) is 0. The van der Waals surface area contributed by atoms with E-state index in [1.807, 2.05) is 18.5 Å². The summed E-state index contributed by atoms with van der Waals surface area (Å²) in [5, 5.41) is 6.98. The number of nitrogens with zero attached hydrogens (tertiary/aromatic N) is 3. The van der Waals surface area contributed by atoms with Crippen LogP contribution in [0.3, 0.4) is 0 Å². The van der Waals surface area contributed by atoms with Gasteiger partial charge in [-0.3, -0.25) is 0 Å². The predicted molar refractivity (Wildman–Crippen MR) is 123 cm³/mol. The van der Waals surface area contributed by atoms with Gasteiger partial charge in [-0.2, -0.15) is 0 Å². The van der Waals surface area contributed by atoms with E-state index < -0.39 is 0 Å². The highest BCUT2D eigenvalue weighted by Crippen LogP contribution is 2.43. The van der Waals surface area contributed by atoms with Crippen LogP contribution in [0.15, 0.2) is 78.0 Å². The van der Waals surface area contributed by atoms with Crippen molar-refractivity contribution in [2.45, 2.75) is 44.7 Å². The summed E-state index contributed by atoms with van der Waals surface area (Å²) in [6, 6.07) is 21.3. The van der Waals surface area contributed by atoms with Crippen molar-refractivity contribution < 1.29 is 0 Å². The molecule has 0 amide bonds. The Balaban J connectivity index is 1.42. The van der Waals surface area contributed by atoms with Crippen LogP contribution >= 0.6 is 0 Å². The van der Waals surface area contributed by atoms with Crippen LogP contribution in [0.4, 0.5) is 0 Å². The van der Waals surface area contributed by atoms with Gasteiger partial charge in [-0.15, -0.1) is 0 Å². The molecule has 2 N–H and O–H groups in total. The molecule has 0 aliphatic heterocycles. The lowest BCUT2D eigenvalue weighted by Crippen LogP contribution is -2.48. The maximum absolute atomic E-state index is 4.82. The minimum atomic E-state index is 0.225. The van der Waals surface area contributed by atoms with E-state index in [0.29, 0.717) is 6.54 Å². The summed E-state index contributed by atoms with van der Waals surface area (Å²) in [5.41, 5.74) is 2.92. The fourth-order valence-electron chi connectivity index (χ4n) is 4.12. The zero-order valence-corrected chi connectivity index (χ0v) is 17.7. The minimum absolute atomic E-state index is 0.225. The zero-order chi connectivity index (χ0) is 20.7. The first-order valence-electron chi connectivity index (χ1n) is 10.9. The van der Waals surface area contributed by atoms with Gasteiger partial charge in [0.1, 0.15) is 12.4 Å². The van der Waals surface area contributed by atoms with Crippen LogP contribution in [0.2, 0.25) is 0 Å². The minimum Gasteiger partial charge on any atom is -0.357 e. The van der Waals surface area contributed by atoms with Gasteiger partial charge in [0, 0.05) is 37.4 Å². The van der Waals surface area contributed by atoms with Crippen molar-refractivity contribution in [2.24, 2.45) is 4.99 Å². The molecule has 0 atom stereocenters. The number of aromatic nitrogens is 2. The Morgan fingerprint density at radius 2 is 1.77 bits per heavy atom. The SMILES string of the molecule is CCNC(=NCc1nccn1Cc1ccccc1)NCC1(c2ccccc2)CCC1. The second-order valence-corrected chi connectivity index (χ2v) is 8.01. The molecule has 3 aromatic rings. The molecule has 1 fully saturated rings. The monoisotopic (exact) mass is 401 g/mol. The Bertz CT molecular complexity index is 942. The van der Waals surface area contributed by atoms with E-state index in [-0.39, 0.29) is 5.41 Å². The number of hydrogen-bond acceptors (Lipinski definition) is 2. The van der Waals surface area contributed by atoms with Crippen LogP contribution in [-0.4, -0.2) is 28.6 Å². The third-order valence-electron chi connectivity index (χ3n) is 6.01. The highest BCUT2D eigenvalue weighted by atomic mass is 15.2. The number of benzene rings is 2. The topological polar surface area (TPSA) is 54.2 Å². The molecule has 1 aliphatic rings. The number of aliphatic imine (C=N–C) groups is 1. The molecule has 1 heterocycles. The lowest BCUT2D eigenvalue weighted by molar-refractivity contribution is 0.244. The van der Waals surface area contributed by atoms with E-state index in [9.17, 15) is 0 Å². The van der Waals surface area contributed by atoms with Crippen LogP contribution in [0.25, 0.3) is 0 Å². The van der Waals surface area contributed by atoms with E-state index in [1.165, 1.54) is 30.4 Å². The lowest BCUT2D eigenvalue weighted by atomic mass is 9.64. The zero-order valence-electron chi connectivity index (χ0n) is 17.7. The predicted octanol–water partition coefficient (Wildman–Crippen LogP) is 4.11. The quantitative estimate of drug-likeness (QED) is 0.441. The summed E-state index contributed by atoms with van der Waals surface area (Å²) < 4.78 is 2.17. The molecule has 0 spiro atoms. The van der Waals surface area contributed by atoms with Crippen molar-refractivity contribution in [3.63, 3.8) is 0 Å². The van der Waals surface area contributed by atoms with E-state index >= 15 is 0 Å². The summed E-state index contributed by atoms with van der Waals surface area (Å²) in [5.74, 6) is 1.83. The Kier molecular flexibility index (Phi) is 6.47. The third kappa shape index (κ3) is 4.73. The van der Waals surface area contributed by atoms with Crippen LogP contribution in [0.1, 0.15) is 43.1 Å². The maximum Gasteiger partial charge on any atom is 0.191 e. The van der Waals surface area contributed by atoms with Gasteiger partial charge in [0.05, 0.1) is 0 Å². The number of nitrogens with one attached hydrogen (secondary N) is 2. The van der Waals surface area contributed by atoms with Gasteiger partial charge >= 0.3 is 0 Å². The Labute approximate surface area is 179 Å². The van der Waals surface area contributed by atoms with E-state index in [2.05, 4.69) is 81.7 Å². The van der Waals surface area contributed by atoms with Crippen LogP contribution in [0.5, 0.6) is 0 Å². The molecule has 30 heavy (non-hydrogen) atoms. The van der Waals surface area contributed by atoms with Crippen LogP contribution in [-0.2, 0) is 18.5 Å². The molecule has 0 radical (unpaired) electrons. The Hall–Kier alpha value is -3.08. The first-order valence-corrected chi connectivity index (χ1v) is 10.9. The lowest BCUT2D eigenvalue weighted by Gasteiger charge is -2.43. The van der Waals surface area contributed by atoms with Gasteiger partial charge in [-0.1, -0.05) is 67.1 Å². The number of imidazole rings is 1. The summed E-state index contributed by atoms with van der Waals surface area (Å²) >= 11 is 0. The number of guanidine groups is 1. The Morgan fingerprint density at radius 3 is 2.43 bits per heavy atom. The van der Waals surface area contributed by atoms with Gasteiger partial charge in [0.25, 0.3) is 0 Å². The van der Waals surface area contributed by atoms with E-state index in [4.69, 9.17) is 4.99 Å². The number of rotatable bonds is 8. The fourth-order valence-corrected chi connectivity index (χ4v) is 4.12. The molecular weight excluding hydrogens is 370 g/mol. The molecule has 5 nitrogen and oxygen atoms in total. The van der Waals surface area contributed by atoms with Crippen molar-refractivity contribution >= 4 is 5.96 Å². The molecule has 1 saturated carbocycles. The number of hydrogen-bond donors (Lipinski definition) is 2. The molecule has 0 unspecified atom stereocenters. The molecule has 0 bridgehead atoms. The third-order valence-corrected chi connectivity index (χ3v) is 6.01. The first-order chi connectivity index (χ1) is 14.8. The highest BCUT2D eigenvalue weighted by molar-refractivity contribution is 5.79. The summed E-state index contributed by atoms with van der Waals surface area (Å²) in [6.07, 6.45) is 7.63. The Morgan fingerprint density at radius 1 is 1.03 bits per heavy atom. The normalized spacial score (nSPS) is 15.4. The summed E-state index contributed by atoms with van der Waals surface area (Å²) in [6.45, 7) is 5.20.